The van der Waals surface area contributed by atoms with Gasteiger partial charge >= 0.3 is 0 Å². The molecule has 1 atom stereocenters. The molecule has 1 nitrogen and oxygen atoms in total. The van der Waals surface area contributed by atoms with Crippen molar-refractivity contribution in [2.45, 2.75) is 36.6 Å². The Labute approximate surface area is 101 Å². The molecule has 0 bridgehead atoms. The van der Waals surface area contributed by atoms with Crippen molar-refractivity contribution >= 4 is 11.8 Å². The molecule has 0 amide bonds. The van der Waals surface area contributed by atoms with Crippen molar-refractivity contribution in [3.05, 3.63) is 30.1 Å². The molecule has 0 radical (unpaired) electrons. The molecule has 0 aromatic heterocycles. The van der Waals surface area contributed by atoms with Gasteiger partial charge in [0.25, 0.3) is 0 Å². The number of rotatable bonds is 4. The van der Waals surface area contributed by atoms with Gasteiger partial charge in [0.2, 0.25) is 0 Å². The van der Waals surface area contributed by atoms with Gasteiger partial charge in [0.1, 0.15) is 5.82 Å². The summed E-state index contributed by atoms with van der Waals surface area (Å²) in [6, 6.07) is 7.46. The molecular formula is C13H18FNS. The third-order valence-corrected chi connectivity index (χ3v) is 4.01. The lowest BCUT2D eigenvalue weighted by Gasteiger charge is -2.23. The van der Waals surface area contributed by atoms with Crippen molar-refractivity contribution in [2.24, 2.45) is 0 Å². The molecule has 0 saturated carbocycles. The Morgan fingerprint density at radius 2 is 2.06 bits per heavy atom. The SMILES string of the molecule is Fc1ccc(SCC[C@H]2CCCCN2)cc1. The van der Waals surface area contributed by atoms with Crippen LogP contribution in [0.5, 0.6) is 0 Å². The van der Waals surface area contributed by atoms with Gasteiger partial charge < -0.3 is 5.32 Å². The van der Waals surface area contributed by atoms with Crippen LogP contribution in [0.3, 0.4) is 0 Å². The number of hydrogen-bond donors (Lipinski definition) is 1. The molecular weight excluding hydrogens is 221 g/mol. The van der Waals surface area contributed by atoms with Gasteiger partial charge in [0.05, 0.1) is 0 Å². The smallest absolute Gasteiger partial charge is 0.123 e. The Morgan fingerprint density at radius 3 is 2.75 bits per heavy atom. The van der Waals surface area contributed by atoms with Crippen LogP contribution in [0.25, 0.3) is 0 Å². The predicted octanol–water partition coefficient (Wildman–Crippen LogP) is 3.45. The quantitative estimate of drug-likeness (QED) is 0.808. The third kappa shape index (κ3) is 3.80. The Balaban J connectivity index is 1.69. The maximum absolute atomic E-state index is 12.7. The zero-order valence-corrected chi connectivity index (χ0v) is 10.2. The average molecular weight is 239 g/mol. The zero-order valence-electron chi connectivity index (χ0n) is 9.42. The molecule has 3 heteroatoms. The number of benzene rings is 1. The minimum Gasteiger partial charge on any atom is -0.314 e. The van der Waals surface area contributed by atoms with Crippen LogP contribution < -0.4 is 5.32 Å². The number of hydrogen-bond acceptors (Lipinski definition) is 2. The monoisotopic (exact) mass is 239 g/mol. The maximum Gasteiger partial charge on any atom is 0.123 e. The molecule has 1 aromatic carbocycles. The zero-order chi connectivity index (χ0) is 11.2. The van der Waals surface area contributed by atoms with Gasteiger partial charge in [-0.15, -0.1) is 11.8 Å². The molecule has 1 N–H and O–H groups in total. The van der Waals surface area contributed by atoms with Crippen molar-refractivity contribution in [1.82, 2.24) is 5.32 Å². The van der Waals surface area contributed by atoms with E-state index in [0.717, 1.165) is 10.6 Å². The van der Waals surface area contributed by atoms with Gasteiger partial charge in [-0.3, -0.25) is 0 Å². The van der Waals surface area contributed by atoms with E-state index in [9.17, 15) is 4.39 Å². The van der Waals surface area contributed by atoms with Gasteiger partial charge in [-0.25, -0.2) is 4.39 Å². The lowest BCUT2D eigenvalue weighted by atomic mass is 10.0. The number of nitrogens with one attached hydrogen (secondary N) is 1. The van der Waals surface area contributed by atoms with Crippen molar-refractivity contribution in [1.29, 1.82) is 0 Å². The molecule has 1 saturated heterocycles. The van der Waals surface area contributed by atoms with E-state index in [1.54, 1.807) is 0 Å². The minimum atomic E-state index is -0.154. The van der Waals surface area contributed by atoms with E-state index in [0.29, 0.717) is 6.04 Å². The first-order chi connectivity index (χ1) is 7.84. The van der Waals surface area contributed by atoms with Crippen LogP contribution in [0, 0.1) is 5.82 Å². The molecule has 2 rings (SSSR count). The summed E-state index contributed by atoms with van der Waals surface area (Å²) in [7, 11) is 0. The predicted molar refractivity (Wildman–Crippen MR) is 67.4 cm³/mol. The molecule has 16 heavy (non-hydrogen) atoms. The third-order valence-electron chi connectivity index (χ3n) is 2.96. The van der Waals surface area contributed by atoms with Crippen molar-refractivity contribution in [3.8, 4) is 0 Å². The topological polar surface area (TPSA) is 12.0 Å². The second-order valence-corrected chi connectivity index (χ2v) is 5.41. The van der Waals surface area contributed by atoms with E-state index in [1.165, 1.54) is 44.4 Å². The summed E-state index contributed by atoms with van der Waals surface area (Å²) in [4.78, 5) is 1.16. The molecule has 1 aliphatic rings. The average Bonchev–Trinajstić information content (AvgIpc) is 2.33. The van der Waals surface area contributed by atoms with Crippen LogP contribution in [0.2, 0.25) is 0 Å². The lowest BCUT2D eigenvalue weighted by Crippen LogP contribution is -2.34. The number of halogens is 1. The van der Waals surface area contributed by atoms with Gasteiger partial charge in [-0.1, -0.05) is 6.42 Å². The Morgan fingerprint density at radius 1 is 1.25 bits per heavy atom. The standard InChI is InChI=1S/C13H18FNS/c14-11-4-6-13(7-5-11)16-10-8-12-3-1-2-9-15-12/h4-7,12,15H,1-3,8-10H2/t12-/m1/s1. The van der Waals surface area contributed by atoms with E-state index >= 15 is 0 Å². The summed E-state index contributed by atoms with van der Waals surface area (Å²) < 4.78 is 12.7. The molecule has 1 aromatic rings. The van der Waals surface area contributed by atoms with Crippen LogP contribution in [0.4, 0.5) is 4.39 Å². The Bertz CT molecular complexity index is 306. The summed E-state index contributed by atoms with van der Waals surface area (Å²) in [5.74, 6) is 0.960. The lowest BCUT2D eigenvalue weighted by molar-refractivity contribution is 0.395. The molecule has 1 fully saturated rings. The molecule has 0 spiro atoms. The van der Waals surface area contributed by atoms with Crippen molar-refractivity contribution in [2.75, 3.05) is 12.3 Å². The first-order valence-corrected chi connectivity index (χ1v) is 6.95. The highest BCUT2D eigenvalue weighted by atomic mass is 32.2. The first-order valence-electron chi connectivity index (χ1n) is 5.96. The second-order valence-electron chi connectivity index (χ2n) is 4.24. The highest BCUT2D eigenvalue weighted by molar-refractivity contribution is 7.99. The van der Waals surface area contributed by atoms with Crippen LogP contribution in [-0.2, 0) is 0 Å². The molecule has 0 aliphatic carbocycles. The van der Waals surface area contributed by atoms with Gasteiger partial charge in [0, 0.05) is 10.9 Å². The summed E-state index contributed by atoms with van der Waals surface area (Å²) in [6.07, 6.45) is 5.20. The summed E-state index contributed by atoms with van der Waals surface area (Å²) >= 11 is 1.82. The minimum absolute atomic E-state index is 0.154. The van der Waals surface area contributed by atoms with E-state index in [2.05, 4.69) is 5.32 Å². The Hall–Kier alpha value is -0.540. The molecule has 88 valence electrons. The van der Waals surface area contributed by atoms with Crippen molar-refractivity contribution in [3.63, 3.8) is 0 Å². The molecule has 0 unspecified atom stereocenters. The fraction of sp³-hybridized carbons (Fsp3) is 0.538. The highest BCUT2D eigenvalue weighted by Gasteiger charge is 2.11. The number of thioether (sulfide) groups is 1. The summed E-state index contributed by atoms with van der Waals surface area (Å²) in [5, 5.41) is 3.54. The summed E-state index contributed by atoms with van der Waals surface area (Å²) in [5.41, 5.74) is 0. The highest BCUT2D eigenvalue weighted by Crippen LogP contribution is 2.21. The van der Waals surface area contributed by atoms with E-state index in [1.807, 2.05) is 23.9 Å². The van der Waals surface area contributed by atoms with Crippen LogP contribution in [-0.4, -0.2) is 18.3 Å². The van der Waals surface area contributed by atoms with E-state index in [-0.39, 0.29) is 5.82 Å². The van der Waals surface area contributed by atoms with Crippen LogP contribution >= 0.6 is 11.8 Å². The largest absolute Gasteiger partial charge is 0.314 e. The second kappa shape index (κ2) is 6.26. The fourth-order valence-electron chi connectivity index (χ4n) is 2.02. The van der Waals surface area contributed by atoms with Gasteiger partial charge in [0.15, 0.2) is 0 Å². The van der Waals surface area contributed by atoms with E-state index < -0.39 is 0 Å². The normalized spacial score (nSPS) is 20.9. The molecule has 1 aliphatic heterocycles. The van der Waals surface area contributed by atoms with Crippen LogP contribution in [0.15, 0.2) is 29.2 Å². The number of piperidine rings is 1. The van der Waals surface area contributed by atoms with E-state index in [4.69, 9.17) is 0 Å². The Kier molecular flexibility index (Phi) is 4.67. The van der Waals surface area contributed by atoms with Crippen molar-refractivity contribution < 1.29 is 4.39 Å². The van der Waals surface area contributed by atoms with Crippen LogP contribution in [0.1, 0.15) is 25.7 Å². The molecule has 1 heterocycles. The van der Waals surface area contributed by atoms with Gasteiger partial charge in [-0.05, 0) is 55.8 Å². The van der Waals surface area contributed by atoms with Gasteiger partial charge in [-0.2, -0.15) is 0 Å². The summed E-state index contributed by atoms with van der Waals surface area (Å²) in [6.45, 7) is 1.17. The fourth-order valence-corrected chi connectivity index (χ4v) is 2.99. The first kappa shape index (κ1) is 11.9. The maximum atomic E-state index is 12.7.